The molecule has 1 aliphatic rings. The Balaban J connectivity index is 1.57. The summed E-state index contributed by atoms with van der Waals surface area (Å²) in [5, 5.41) is 4.11. The number of carbonyl (C=O) groups is 1. The normalized spacial score (nSPS) is 16.1. The van der Waals surface area contributed by atoms with Crippen molar-refractivity contribution in [2.75, 3.05) is 20.3 Å². The first-order chi connectivity index (χ1) is 14.2. The average molecular weight is 393 g/mol. The highest BCUT2D eigenvalue weighted by Gasteiger charge is 2.35. The van der Waals surface area contributed by atoms with E-state index in [1.165, 1.54) is 0 Å². The van der Waals surface area contributed by atoms with Crippen LogP contribution in [0.2, 0.25) is 0 Å². The summed E-state index contributed by atoms with van der Waals surface area (Å²) in [4.78, 5) is 19.6. The number of nitrogens with zero attached hydrogens (tertiary/aromatic N) is 3. The molecule has 7 nitrogen and oxygen atoms in total. The van der Waals surface area contributed by atoms with E-state index in [1.807, 2.05) is 49.4 Å². The van der Waals surface area contributed by atoms with Gasteiger partial charge in [-0.25, -0.2) is 0 Å². The van der Waals surface area contributed by atoms with Gasteiger partial charge in [0.1, 0.15) is 17.5 Å². The molecule has 29 heavy (non-hydrogen) atoms. The molecule has 2 heterocycles. The number of amides is 1. The molecule has 0 spiro atoms. The number of carbonyl (C=O) groups excluding carboxylic acids is 1. The first-order valence-electron chi connectivity index (χ1n) is 9.72. The summed E-state index contributed by atoms with van der Waals surface area (Å²) in [7, 11) is 1.62. The van der Waals surface area contributed by atoms with E-state index in [-0.39, 0.29) is 11.9 Å². The summed E-state index contributed by atoms with van der Waals surface area (Å²) >= 11 is 0. The molecule has 0 saturated carbocycles. The zero-order valence-electron chi connectivity index (χ0n) is 16.5. The third-order valence-corrected chi connectivity index (χ3v) is 5.01. The molecule has 1 saturated heterocycles. The van der Waals surface area contributed by atoms with Crippen molar-refractivity contribution in [2.45, 2.75) is 25.8 Å². The van der Waals surface area contributed by atoms with Gasteiger partial charge >= 0.3 is 0 Å². The van der Waals surface area contributed by atoms with Gasteiger partial charge in [-0.1, -0.05) is 17.3 Å². The van der Waals surface area contributed by atoms with Crippen LogP contribution in [0.15, 0.2) is 53.1 Å². The van der Waals surface area contributed by atoms with Crippen LogP contribution in [-0.4, -0.2) is 41.2 Å². The Morgan fingerprint density at radius 1 is 1.21 bits per heavy atom. The van der Waals surface area contributed by atoms with Gasteiger partial charge in [0.2, 0.25) is 11.7 Å². The van der Waals surface area contributed by atoms with Crippen LogP contribution >= 0.6 is 0 Å². The number of benzene rings is 2. The van der Waals surface area contributed by atoms with Gasteiger partial charge in [0.25, 0.3) is 5.91 Å². The highest BCUT2D eigenvalue weighted by molar-refractivity contribution is 5.97. The van der Waals surface area contributed by atoms with E-state index >= 15 is 0 Å². The maximum absolute atomic E-state index is 13.2. The van der Waals surface area contributed by atoms with Crippen LogP contribution < -0.4 is 9.47 Å². The Labute approximate surface area is 169 Å². The van der Waals surface area contributed by atoms with Gasteiger partial charge in [-0.3, -0.25) is 4.79 Å². The predicted octanol–water partition coefficient (Wildman–Crippen LogP) is 4.12. The first-order valence-corrected chi connectivity index (χ1v) is 9.72. The lowest BCUT2D eigenvalue weighted by molar-refractivity contribution is 0.0706. The van der Waals surface area contributed by atoms with E-state index in [0.717, 1.165) is 24.2 Å². The number of para-hydroxylation sites is 1. The molecule has 1 fully saturated rings. The molecule has 0 N–H and O–H groups in total. The smallest absolute Gasteiger partial charge is 0.258 e. The number of hydrogen-bond acceptors (Lipinski definition) is 6. The Bertz CT molecular complexity index is 984. The molecule has 1 amide bonds. The van der Waals surface area contributed by atoms with Gasteiger partial charge in [0, 0.05) is 12.1 Å². The molecule has 4 rings (SSSR count). The molecule has 1 aliphatic heterocycles. The van der Waals surface area contributed by atoms with Gasteiger partial charge < -0.3 is 18.9 Å². The van der Waals surface area contributed by atoms with Crippen molar-refractivity contribution in [3.05, 3.63) is 60.0 Å². The highest BCUT2D eigenvalue weighted by atomic mass is 16.5. The van der Waals surface area contributed by atoms with Crippen LogP contribution in [-0.2, 0) is 0 Å². The second-order valence-electron chi connectivity index (χ2n) is 6.77. The summed E-state index contributed by atoms with van der Waals surface area (Å²) in [6, 6.07) is 14.5. The third kappa shape index (κ3) is 3.81. The summed E-state index contributed by atoms with van der Waals surface area (Å²) in [6.45, 7) is 3.05. The summed E-state index contributed by atoms with van der Waals surface area (Å²) in [5.74, 6) is 2.22. The molecule has 2 aromatic carbocycles. The van der Waals surface area contributed by atoms with Gasteiger partial charge in [0.15, 0.2) is 0 Å². The topological polar surface area (TPSA) is 77.7 Å². The van der Waals surface area contributed by atoms with Crippen molar-refractivity contribution in [3.8, 4) is 22.9 Å². The molecule has 0 radical (unpaired) electrons. The monoisotopic (exact) mass is 393 g/mol. The second kappa shape index (κ2) is 8.34. The molecule has 150 valence electrons. The van der Waals surface area contributed by atoms with Crippen LogP contribution in [0.4, 0.5) is 0 Å². The van der Waals surface area contributed by atoms with Gasteiger partial charge in [-0.05, 0) is 56.2 Å². The van der Waals surface area contributed by atoms with E-state index in [4.69, 9.17) is 14.0 Å². The molecule has 1 atom stereocenters. The van der Waals surface area contributed by atoms with Crippen LogP contribution in [0.3, 0.4) is 0 Å². The van der Waals surface area contributed by atoms with Crippen molar-refractivity contribution < 1.29 is 18.8 Å². The fourth-order valence-electron chi connectivity index (χ4n) is 3.57. The Hall–Kier alpha value is -3.35. The molecule has 3 aromatic rings. The summed E-state index contributed by atoms with van der Waals surface area (Å²) < 4.78 is 16.3. The lowest BCUT2D eigenvalue weighted by Crippen LogP contribution is -2.31. The van der Waals surface area contributed by atoms with E-state index in [0.29, 0.717) is 36.2 Å². The average Bonchev–Trinajstić information content (AvgIpc) is 3.43. The largest absolute Gasteiger partial charge is 0.497 e. The Morgan fingerprint density at radius 3 is 2.76 bits per heavy atom. The number of hydrogen-bond donors (Lipinski definition) is 0. The van der Waals surface area contributed by atoms with Gasteiger partial charge in [-0.15, -0.1) is 0 Å². The lowest BCUT2D eigenvalue weighted by Gasteiger charge is -2.23. The van der Waals surface area contributed by atoms with E-state index in [9.17, 15) is 4.79 Å². The first kappa shape index (κ1) is 19.0. The zero-order chi connectivity index (χ0) is 20.2. The van der Waals surface area contributed by atoms with Crippen LogP contribution in [0.1, 0.15) is 42.1 Å². The lowest BCUT2D eigenvalue weighted by atomic mass is 10.1. The van der Waals surface area contributed by atoms with Crippen molar-refractivity contribution in [2.24, 2.45) is 0 Å². The minimum atomic E-state index is -0.239. The molecular weight excluding hydrogens is 370 g/mol. The summed E-state index contributed by atoms with van der Waals surface area (Å²) in [6.07, 6.45) is 1.67. The quantitative estimate of drug-likeness (QED) is 0.627. The van der Waals surface area contributed by atoms with Gasteiger partial charge in [-0.2, -0.15) is 4.98 Å². The maximum atomic E-state index is 13.2. The fourth-order valence-corrected chi connectivity index (χ4v) is 3.57. The Kier molecular flexibility index (Phi) is 5.46. The minimum absolute atomic E-state index is 0.0826. The minimum Gasteiger partial charge on any atom is -0.497 e. The van der Waals surface area contributed by atoms with E-state index < -0.39 is 0 Å². The highest BCUT2D eigenvalue weighted by Crippen LogP contribution is 2.34. The third-order valence-electron chi connectivity index (χ3n) is 5.01. The van der Waals surface area contributed by atoms with Crippen molar-refractivity contribution in [1.82, 2.24) is 15.0 Å². The predicted molar refractivity (Wildman–Crippen MR) is 107 cm³/mol. The van der Waals surface area contributed by atoms with E-state index in [2.05, 4.69) is 10.1 Å². The Morgan fingerprint density at radius 2 is 2.00 bits per heavy atom. The molecule has 7 heteroatoms. The fraction of sp³-hybridized carbons (Fsp3) is 0.318. The molecule has 1 unspecified atom stereocenters. The molecule has 1 aromatic heterocycles. The number of ether oxygens (including phenoxy) is 2. The number of rotatable bonds is 6. The zero-order valence-corrected chi connectivity index (χ0v) is 16.5. The number of aromatic nitrogens is 2. The van der Waals surface area contributed by atoms with Crippen molar-refractivity contribution in [1.29, 1.82) is 0 Å². The van der Waals surface area contributed by atoms with Gasteiger partial charge in [0.05, 0.1) is 19.3 Å². The number of likely N-dealkylation sites (tertiary alicyclic amines) is 1. The van der Waals surface area contributed by atoms with Crippen LogP contribution in [0.5, 0.6) is 11.5 Å². The standard InChI is InChI=1S/C22H23N3O4/c1-3-28-19-9-5-4-7-17(19)22(26)25-14-6-8-18(25)21-23-20(24-29-21)15-10-12-16(27-2)13-11-15/h4-5,7,9-13,18H,3,6,8,14H2,1-2H3. The molecular formula is C22H23N3O4. The summed E-state index contributed by atoms with van der Waals surface area (Å²) in [5.41, 5.74) is 1.38. The second-order valence-corrected chi connectivity index (χ2v) is 6.77. The molecule has 0 aliphatic carbocycles. The SMILES string of the molecule is CCOc1ccccc1C(=O)N1CCCC1c1nc(-c2ccc(OC)cc2)no1. The number of methoxy groups -OCH3 is 1. The van der Waals surface area contributed by atoms with Crippen LogP contribution in [0.25, 0.3) is 11.4 Å². The van der Waals surface area contributed by atoms with E-state index in [1.54, 1.807) is 18.1 Å². The van der Waals surface area contributed by atoms with Crippen LogP contribution in [0, 0.1) is 0 Å². The maximum Gasteiger partial charge on any atom is 0.258 e. The van der Waals surface area contributed by atoms with Crippen molar-refractivity contribution in [3.63, 3.8) is 0 Å². The van der Waals surface area contributed by atoms with Crippen molar-refractivity contribution >= 4 is 5.91 Å². The molecule has 0 bridgehead atoms.